The first-order chi connectivity index (χ1) is 15.0. The lowest BCUT2D eigenvalue weighted by molar-refractivity contribution is 0.0481. The normalized spacial score (nSPS) is 14.4. The van der Waals surface area contributed by atoms with Crippen molar-refractivity contribution >= 4 is 40.3 Å². The predicted octanol–water partition coefficient (Wildman–Crippen LogP) is 3.58. The van der Waals surface area contributed by atoms with Crippen LogP contribution in [-0.2, 0) is 15.5 Å². The summed E-state index contributed by atoms with van der Waals surface area (Å²) in [7, 11) is -0.227. The number of benzene rings is 2. The van der Waals surface area contributed by atoms with Gasteiger partial charge in [-0.1, -0.05) is 24.3 Å². The summed E-state index contributed by atoms with van der Waals surface area (Å²) in [6.07, 6.45) is 3.09. The highest BCUT2D eigenvalue weighted by Gasteiger charge is 2.44. The van der Waals surface area contributed by atoms with E-state index in [1.807, 2.05) is 0 Å². The number of rotatable bonds is 6. The first-order valence-corrected chi connectivity index (χ1v) is 11.3. The number of nitrogens with zero attached hydrogens (tertiary/aromatic N) is 2. The average molecular weight is 454 g/mol. The molecule has 0 spiro atoms. The number of aromatic amines is 2. The maximum atomic E-state index is 15.4. The van der Waals surface area contributed by atoms with Crippen LogP contribution in [0.2, 0.25) is 0 Å². The minimum atomic E-state index is -3.17. The molecular formula is C21H14F2N4O2P2. The highest BCUT2D eigenvalue weighted by atomic mass is 31.1. The summed E-state index contributed by atoms with van der Waals surface area (Å²) in [5.74, 6) is -3.17. The van der Waals surface area contributed by atoms with E-state index >= 15 is 8.78 Å². The van der Waals surface area contributed by atoms with E-state index in [2.05, 4.69) is 19.9 Å². The molecule has 4 aromatic rings. The second-order valence-electron chi connectivity index (χ2n) is 6.91. The van der Waals surface area contributed by atoms with Crippen molar-refractivity contribution in [3.63, 3.8) is 0 Å². The molecule has 1 aliphatic rings. The van der Waals surface area contributed by atoms with Gasteiger partial charge in [0.25, 0.3) is 5.92 Å². The molecule has 0 aliphatic heterocycles. The molecule has 0 bridgehead atoms. The van der Waals surface area contributed by atoms with Gasteiger partial charge < -0.3 is 9.97 Å². The minimum absolute atomic E-state index is 0.0705. The summed E-state index contributed by atoms with van der Waals surface area (Å²) in [6.45, 7) is 0. The zero-order valence-corrected chi connectivity index (χ0v) is 17.7. The molecule has 0 radical (unpaired) electrons. The standard InChI is InChI=1S/C21H14F2N4O2P2/c22-21(23)15-5-11(17-7-24-19(26-17)30-9-28)1-3-13(15)14-4-2-12(6-16(14)21)18-8-25-20(27-18)31-10-29/h1-10,30-31H,(H,24,26)(H,25,27). The number of carbonyl (C=O) groups excluding carboxylic acids is 2. The molecule has 2 N–H and O–H groups in total. The molecule has 2 aromatic carbocycles. The molecule has 1 aliphatic carbocycles. The van der Waals surface area contributed by atoms with Crippen LogP contribution in [0.1, 0.15) is 11.1 Å². The lowest BCUT2D eigenvalue weighted by atomic mass is 10.0. The van der Waals surface area contributed by atoms with E-state index in [4.69, 9.17) is 0 Å². The summed E-state index contributed by atoms with van der Waals surface area (Å²) in [5.41, 5.74) is 4.18. The van der Waals surface area contributed by atoms with E-state index in [1.165, 1.54) is 12.1 Å². The fourth-order valence-electron chi connectivity index (χ4n) is 3.75. The molecule has 0 saturated carbocycles. The van der Waals surface area contributed by atoms with Crippen LogP contribution in [0, 0.1) is 0 Å². The third kappa shape index (κ3) is 3.32. The molecule has 10 heteroatoms. The number of imidazole rings is 2. The summed E-state index contributed by atoms with van der Waals surface area (Å²) in [5, 5.41) is 0. The predicted molar refractivity (Wildman–Crippen MR) is 119 cm³/mol. The van der Waals surface area contributed by atoms with Gasteiger partial charge in [-0.05, 0) is 23.3 Å². The molecule has 0 fully saturated rings. The number of hydrogen-bond donors (Lipinski definition) is 2. The van der Waals surface area contributed by atoms with Crippen molar-refractivity contribution in [2.75, 3.05) is 0 Å². The van der Waals surface area contributed by atoms with Gasteiger partial charge >= 0.3 is 0 Å². The second kappa shape index (κ2) is 7.56. The van der Waals surface area contributed by atoms with Crippen molar-refractivity contribution in [2.45, 2.75) is 5.92 Å². The number of fused-ring (bicyclic) bond motifs is 3. The number of H-pyrrole nitrogens is 2. The highest BCUT2D eigenvalue weighted by Crippen LogP contribution is 2.52. The number of halogens is 2. The van der Waals surface area contributed by atoms with Gasteiger partial charge in [0.05, 0.1) is 23.8 Å². The van der Waals surface area contributed by atoms with Crippen LogP contribution in [0.15, 0.2) is 48.8 Å². The van der Waals surface area contributed by atoms with Crippen molar-refractivity contribution in [3.05, 3.63) is 59.9 Å². The highest BCUT2D eigenvalue weighted by molar-refractivity contribution is 7.62. The van der Waals surface area contributed by atoms with E-state index in [9.17, 15) is 9.59 Å². The van der Waals surface area contributed by atoms with Gasteiger partial charge in [-0.15, -0.1) is 0 Å². The molecular weight excluding hydrogens is 440 g/mol. The van der Waals surface area contributed by atoms with Crippen LogP contribution in [0.5, 0.6) is 0 Å². The number of aromatic nitrogens is 4. The first-order valence-electron chi connectivity index (χ1n) is 9.19. The summed E-state index contributed by atoms with van der Waals surface area (Å²) in [6, 6.07) is 11.4. The summed E-state index contributed by atoms with van der Waals surface area (Å²) >= 11 is 0. The maximum Gasteiger partial charge on any atom is 0.299 e. The van der Waals surface area contributed by atoms with Crippen LogP contribution in [0.25, 0.3) is 33.6 Å². The SMILES string of the molecule is O=CPc1ncc(-c2ccc3c(c2)C(F)(F)c2cc(-c4cnc(PC=O)[nH]4)ccc2-3)[nH]1. The largest absolute Gasteiger partial charge is 0.338 e. The molecule has 2 unspecified atom stereocenters. The van der Waals surface area contributed by atoms with E-state index < -0.39 is 5.92 Å². The van der Waals surface area contributed by atoms with E-state index in [0.717, 1.165) is 12.1 Å². The molecule has 31 heavy (non-hydrogen) atoms. The fraction of sp³-hybridized carbons (Fsp3) is 0.0476. The number of hydrogen-bond acceptors (Lipinski definition) is 4. The number of nitrogens with one attached hydrogen (secondary N) is 2. The van der Waals surface area contributed by atoms with Gasteiger partial charge in [0, 0.05) is 39.4 Å². The molecule has 0 amide bonds. The Morgan fingerprint density at radius 1 is 0.774 bits per heavy atom. The Balaban J connectivity index is 1.54. The van der Waals surface area contributed by atoms with Crippen molar-refractivity contribution in [1.82, 2.24) is 19.9 Å². The van der Waals surface area contributed by atoms with Crippen LogP contribution < -0.4 is 11.1 Å². The number of alkyl halides is 2. The average Bonchev–Trinajstić information content (AvgIpc) is 3.47. The zero-order valence-electron chi connectivity index (χ0n) is 15.7. The molecule has 0 saturated heterocycles. The van der Waals surface area contributed by atoms with Gasteiger partial charge in [0.2, 0.25) is 0 Å². The quantitative estimate of drug-likeness (QED) is 0.344. The van der Waals surface area contributed by atoms with Crippen molar-refractivity contribution in [1.29, 1.82) is 0 Å². The molecule has 5 rings (SSSR count). The van der Waals surface area contributed by atoms with Gasteiger partial charge in [-0.2, -0.15) is 8.78 Å². The zero-order chi connectivity index (χ0) is 21.6. The third-order valence-electron chi connectivity index (χ3n) is 5.17. The third-order valence-corrected chi connectivity index (χ3v) is 6.46. The van der Waals surface area contributed by atoms with Crippen molar-refractivity contribution in [3.8, 4) is 33.6 Å². The lowest BCUT2D eigenvalue weighted by Gasteiger charge is -2.13. The first kappa shape index (κ1) is 19.9. The smallest absolute Gasteiger partial charge is 0.299 e. The van der Waals surface area contributed by atoms with Crippen LogP contribution in [0.3, 0.4) is 0 Å². The summed E-state index contributed by atoms with van der Waals surface area (Å²) in [4.78, 5) is 35.6. The van der Waals surface area contributed by atoms with Gasteiger partial charge in [0.15, 0.2) is 0 Å². The topological polar surface area (TPSA) is 91.5 Å². The van der Waals surface area contributed by atoms with Crippen LogP contribution in [-0.4, -0.2) is 32.0 Å². The maximum absolute atomic E-state index is 15.4. The molecule has 6 nitrogen and oxygen atoms in total. The van der Waals surface area contributed by atoms with Gasteiger partial charge in [-0.25, -0.2) is 9.97 Å². The Morgan fingerprint density at radius 2 is 1.23 bits per heavy atom. The van der Waals surface area contributed by atoms with E-state index in [1.54, 1.807) is 36.7 Å². The second-order valence-corrected chi connectivity index (χ2v) is 8.91. The molecule has 2 atom stereocenters. The molecule has 154 valence electrons. The summed E-state index contributed by atoms with van der Waals surface area (Å²) < 4.78 is 30.9. The Kier molecular flexibility index (Phi) is 4.84. The van der Waals surface area contributed by atoms with Gasteiger partial charge in [0.1, 0.15) is 23.2 Å². The minimum Gasteiger partial charge on any atom is -0.338 e. The fourth-order valence-corrected chi connectivity index (χ4v) is 4.67. The van der Waals surface area contributed by atoms with Crippen molar-refractivity contribution in [2.24, 2.45) is 0 Å². The Hall–Kier alpha value is -3.08. The lowest BCUT2D eigenvalue weighted by Crippen LogP contribution is -2.11. The number of carbonyl (C=O) groups is 2. The van der Waals surface area contributed by atoms with Crippen molar-refractivity contribution < 1.29 is 18.4 Å². The molecule has 2 aromatic heterocycles. The van der Waals surface area contributed by atoms with Crippen LogP contribution in [0.4, 0.5) is 8.78 Å². The van der Waals surface area contributed by atoms with E-state index in [0.29, 0.717) is 44.8 Å². The van der Waals surface area contributed by atoms with E-state index in [-0.39, 0.29) is 28.3 Å². The molecule has 2 heterocycles. The Bertz CT molecular complexity index is 1230. The Morgan fingerprint density at radius 3 is 1.65 bits per heavy atom. The van der Waals surface area contributed by atoms with Crippen LogP contribution >= 0.6 is 17.2 Å². The van der Waals surface area contributed by atoms with Gasteiger partial charge in [-0.3, -0.25) is 9.59 Å². The Labute approximate surface area is 178 Å². The monoisotopic (exact) mass is 454 g/mol.